The maximum Gasteiger partial charge on any atom is 0.407 e. The van der Waals surface area contributed by atoms with Crippen molar-refractivity contribution < 1.29 is 28.7 Å². The van der Waals surface area contributed by atoms with Gasteiger partial charge in [0.05, 0.1) is 61.7 Å². The predicted molar refractivity (Wildman–Crippen MR) is 225 cm³/mol. The summed E-state index contributed by atoms with van der Waals surface area (Å²) in [6.45, 7) is 8.68. The van der Waals surface area contributed by atoms with Crippen LogP contribution in [0.2, 0.25) is 0 Å². The lowest BCUT2D eigenvalue weighted by molar-refractivity contribution is -0.136. The lowest BCUT2D eigenvalue weighted by Gasteiger charge is -2.30. The summed E-state index contributed by atoms with van der Waals surface area (Å²) in [5.41, 5.74) is 5.51. The summed E-state index contributed by atoms with van der Waals surface area (Å²) in [6, 6.07) is 18.5. The predicted octanol–water partition coefficient (Wildman–Crippen LogP) is 7.25. The van der Waals surface area contributed by atoms with E-state index in [-0.39, 0.29) is 35.7 Å². The number of likely N-dealkylation sites (tertiary alicyclic amines) is 2. The van der Waals surface area contributed by atoms with Crippen LogP contribution in [0.3, 0.4) is 0 Å². The molecule has 2 aromatic heterocycles. The van der Waals surface area contributed by atoms with E-state index in [2.05, 4.69) is 43.8 Å². The lowest BCUT2D eigenvalue weighted by Crippen LogP contribution is -2.51. The minimum atomic E-state index is -0.725. The number of alkyl carbamates (subject to hydrolysis) is 2. The van der Waals surface area contributed by atoms with Gasteiger partial charge in [-0.2, -0.15) is 5.26 Å². The third-order valence-corrected chi connectivity index (χ3v) is 11.6. The number of hydrogen-bond donors (Lipinski definition) is 4. The Morgan fingerprint density at radius 1 is 0.700 bits per heavy atom. The molecule has 2 aliphatic heterocycles. The largest absolute Gasteiger partial charge is 0.453 e. The maximum atomic E-state index is 13.6. The monoisotopic (exact) mass is 813 g/mol. The van der Waals surface area contributed by atoms with Crippen LogP contribution in [0.1, 0.15) is 82.7 Å². The van der Waals surface area contributed by atoms with Crippen molar-refractivity contribution in [2.24, 2.45) is 11.8 Å². The number of fused-ring (bicyclic) bond motifs is 1. The zero-order chi connectivity index (χ0) is 42.7. The van der Waals surface area contributed by atoms with E-state index in [1.165, 1.54) is 14.2 Å². The molecule has 0 bridgehead atoms. The lowest BCUT2D eigenvalue weighted by atomic mass is 9.95. The maximum absolute atomic E-state index is 13.6. The van der Waals surface area contributed by atoms with Gasteiger partial charge in [0.1, 0.15) is 23.7 Å². The molecule has 60 heavy (non-hydrogen) atoms. The summed E-state index contributed by atoms with van der Waals surface area (Å²) in [5, 5.41) is 17.7. The molecule has 4 heterocycles. The molecule has 0 radical (unpaired) electrons. The molecule has 3 aromatic carbocycles. The molecule has 0 saturated carbocycles. The number of nitrogens with zero attached hydrogens (tertiary/aromatic N) is 5. The van der Waals surface area contributed by atoms with Gasteiger partial charge in [0, 0.05) is 24.2 Å². The summed E-state index contributed by atoms with van der Waals surface area (Å²) < 4.78 is 9.52. The minimum Gasteiger partial charge on any atom is -0.453 e. The fourth-order valence-corrected chi connectivity index (χ4v) is 8.33. The Hall–Kier alpha value is -6.69. The number of carbonyl (C=O) groups excluding carboxylic acids is 4. The van der Waals surface area contributed by atoms with E-state index < -0.39 is 24.3 Å². The fourth-order valence-electron chi connectivity index (χ4n) is 8.33. The SMILES string of the molecule is COC(=O)NC(C(=O)N1CCCC1c1ncc(-c2ccc(-c3ccc4cc(-c5cnc(C6CCCN6C(=O)C(NC(=O)OC)C(C)C)[nH]5)ccc4c3)c(C#N)c2)[nH]1)C(C)C. The van der Waals surface area contributed by atoms with Crippen LogP contribution >= 0.6 is 0 Å². The Bertz CT molecular complexity index is 2450. The average molecular weight is 814 g/mol. The highest BCUT2D eigenvalue weighted by atomic mass is 16.5. The molecule has 4 N–H and O–H groups in total. The van der Waals surface area contributed by atoms with Crippen LogP contribution in [-0.2, 0) is 19.1 Å². The van der Waals surface area contributed by atoms with Crippen molar-refractivity contribution >= 4 is 34.8 Å². The highest BCUT2D eigenvalue weighted by molar-refractivity contribution is 5.92. The summed E-state index contributed by atoms with van der Waals surface area (Å²) >= 11 is 0. The third kappa shape index (κ3) is 8.40. The molecule has 15 heteroatoms. The van der Waals surface area contributed by atoms with Crippen molar-refractivity contribution in [1.82, 2.24) is 40.4 Å². The minimum absolute atomic E-state index is 0.122. The smallest absolute Gasteiger partial charge is 0.407 e. The zero-order valence-electron chi connectivity index (χ0n) is 34.7. The van der Waals surface area contributed by atoms with Gasteiger partial charge in [-0.25, -0.2) is 19.6 Å². The van der Waals surface area contributed by atoms with Gasteiger partial charge in [0.2, 0.25) is 11.8 Å². The van der Waals surface area contributed by atoms with Crippen LogP contribution in [-0.4, -0.2) is 93.1 Å². The molecule has 0 spiro atoms. The average Bonchev–Trinajstić information content (AvgIpc) is 4.10. The second kappa shape index (κ2) is 17.7. The molecule has 7 rings (SSSR count). The number of H-pyrrole nitrogens is 2. The van der Waals surface area contributed by atoms with Gasteiger partial charge in [-0.15, -0.1) is 0 Å². The third-order valence-electron chi connectivity index (χ3n) is 11.6. The van der Waals surface area contributed by atoms with Gasteiger partial charge in [0.15, 0.2) is 0 Å². The second-order valence-corrected chi connectivity index (χ2v) is 16.1. The molecule has 15 nitrogen and oxygen atoms in total. The molecule has 2 aliphatic rings. The highest BCUT2D eigenvalue weighted by Gasteiger charge is 2.39. The van der Waals surface area contributed by atoms with E-state index in [0.29, 0.717) is 30.3 Å². The van der Waals surface area contributed by atoms with E-state index in [4.69, 9.17) is 14.5 Å². The van der Waals surface area contributed by atoms with Gasteiger partial charge in [-0.05, 0) is 77.6 Å². The Morgan fingerprint density at radius 3 is 1.62 bits per heavy atom. The number of methoxy groups -OCH3 is 2. The van der Waals surface area contributed by atoms with E-state index in [0.717, 1.165) is 70.1 Å². The van der Waals surface area contributed by atoms with Crippen LogP contribution in [0.25, 0.3) is 44.4 Å². The number of carbonyl (C=O) groups is 4. The van der Waals surface area contributed by atoms with Crippen molar-refractivity contribution in [2.75, 3.05) is 27.3 Å². The van der Waals surface area contributed by atoms with Gasteiger partial charge >= 0.3 is 12.2 Å². The number of imidazole rings is 2. The molecule has 4 atom stereocenters. The molecule has 312 valence electrons. The van der Waals surface area contributed by atoms with Crippen LogP contribution in [0.5, 0.6) is 0 Å². The number of nitriles is 1. The van der Waals surface area contributed by atoms with Crippen molar-refractivity contribution in [3.63, 3.8) is 0 Å². The number of aromatic nitrogens is 4. The molecule has 4 unspecified atom stereocenters. The number of nitrogens with one attached hydrogen (secondary N) is 4. The highest BCUT2D eigenvalue weighted by Crippen LogP contribution is 2.36. The van der Waals surface area contributed by atoms with E-state index >= 15 is 0 Å². The van der Waals surface area contributed by atoms with E-state index in [1.807, 2.05) is 70.2 Å². The summed E-state index contributed by atoms with van der Waals surface area (Å²) in [4.78, 5) is 71.0. The normalized spacial score (nSPS) is 17.4. The molecular formula is C45H51N9O6. The standard InChI is InChI=1S/C45H51N9O6/c1-25(2)38(51-44(57)59-5)42(55)53-17-7-9-36(53)40-47-23-34(49-40)30-14-12-27-19-29(13-11-28(27)20-30)33-16-15-31(21-32(33)22-46)35-24-48-41(50-35)37-10-8-18-54(37)43(56)39(26(3)4)52-45(58)60-6/h11-16,19-21,23-26,36-39H,7-10,17-18H2,1-6H3,(H,47,49)(H,48,50)(H,51,57)(H,52,58). The van der Waals surface area contributed by atoms with Crippen LogP contribution in [0, 0.1) is 23.2 Å². The number of amides is 4. The van der Waals surface area contributed by atoms with Gasteiger partial charge in [-0.1, -0.05) is 64.1 Å². The quantitative estimate of drug-likeness (QED) is 0.106. The first-order chi connectivity index (χ1) is 28.9. The van der Waals surface area contributed by atoms with Crippen LogP contribution < -0.4 is 10.6 Å². The van der Waals surface area contributed by atoms with Gasteiger partial charge in [0.25, 0.3) is 0 Å². The number of aromatic amines is 2. The molecular weight excluding hydrogens is 763 g/mol. The van der Waals surface area contributed by atoms with Gasteiger partial charge < -0.3 is 39.9 Å². The van der Waals surface area contributed by atoms with E-state index in [9.17, 15) is 24.4 Å². The molecule has 0 aliphatic carbocycles. The molecule has 2 saturated heterocycles. The summed E-state index contributed by atoms with van der Waals surface area (Å²) in [7, 11) is 2.56. The first-order valence-electron chi connectivity index (χ1n) is 20.4. The van der Waals surface area contributed by atoms with Crippen LogP contribution in [0.4, 0.5) is 9.59 Å². The van der Waals surface area contributed by atoms with Crippen molar-refractivity contribution in [1.29, 1.82) is 5.26 Å². The molecule has 5 aromatic rings. The van der Waals surface area contributed by atoms with Crippen molar-refractivity contribution in [3.8, 4) is 39.7 Å². The Balaban J connectivity index is 1.07. The number of rotatable bonds is 11. The Labute approximate surface area is 348 Å². The number of benzene rings is 3. The zero-order valence-corrected chi connectivity index (χ0v) is 34.7. The molecule has 2 fully saturated rings. The topological polar surface area (TPSA) is 198 Å². The first-order valence-corrected chi connectivity index (χ1v) is 20.4. The molecule has 4 amide bonds. The summed E-state index contributed by atoms with van der Waals surface area (Å²) in [6.07, 6.45) is 5.36. The van der Waals surface area contributed by atoms with E-state index in [1.54, 1.807) is 22.2 Å². The number of hydrogen-bond acceptors (Lipinski definition) is 9. The summed E-state index contributed by atoms with van der Waals surface area (Å²) in [5.74, 6) is 0.759. The number of ether oxygens (including phenoxy) is 2. The Morgan fingerprint density at radius 2 is 1.15 bits per heavy atom. The van der Waals surface area contributed by atoms with Gasteiger partial charge in [-0.3, -0.25) is 9.59 Å². The fraction of sp³-hybridized carbons (Fsp3) is 0.400. The van der Waals surface area contributed by atoms with Crippen LogP contribution in [0.15, 0.2) is 67.0 Å². The Kier molecular flexibility index (Phi) is 12.2. The second-order valence-electron chi connectivity index (χ2n) is 16.1. The van der Waals surface area contributed by atoms with Crippen molar-refractivity contribution in [3.05, 3.63) is 84.2 Å². The van der Waals surface area contributed by atoms with Crippen molar-refractivity contribution in [2.45, 2.75) is 77.5 Å². The first kappa shape index (κ1) is 41.5.